The van der Waals surface area contributed by atoms with Crippen LogP contribution in [-0.4, -0.2) is 11.3 Å². The standard InChI is InChI=1S/C19H22BrN3OS/c1-19(2,3)15-6-4-13(5-7-15)12-24-17-9-8-16(20)10-14(17)11-22-23-18(21)25/h4-11H,12H2,1-3H3,(H3,21,23,25)/b22-11+. The molecule has 0 saturated heterocycles. The van der Waals surface area contributed by atoms with Crippen LogP contribution in [-0.2, 0) is 12.0 Å². The van der Waals surface area contributed by atoms with E-state index < -0.39 is 0 Å². The molecule has 2 rings (SSSR count). The second-order valence-corrected chi connectivity index (χ2v) is 8.01. The molecular weight excluding hydrogens is 398 g/mol. The lowest BCUT2D eigenvalue weighted by Gasteiger charge is -2.19. The van der Waals surface area contributed by atoms with E-state index in [1.165, 1.54) is 5.56 Å². The fourth-order valence-electron chi connectivity index (χ4n) is 2.18. The summed E-state index contributed by atoms with van der Waals surface area (Å²) < 4.78 is 6.89. The Balaban J connectivity index is 2.09. The molecular formula is C19H22BrN3OS. The van der Waals surface area contributed by atoms with Crippen LogP contribution >= 0.6 is 28.1 Å². The van der Waals surface area contributed by atoms with Crippen molar-refractivity contribution in [1.82, 2.24) is 5.43 Å². The largest absolute Gasteiger partial charge is 0.488 e. The predicted octanol–water partition coefficient (Wildman–Crippen LogP) is 4.49. The van der Waals surface area contributed by atoms with E-state index in [9.17, 15) is 0 Å². The number of benzene rings is 2. The smallest absolute Gasteiger partial charge is 0.184 e. The van der Waals surface area contributed by atoms with Gasteiger partial charge in [0.15, 0.2) is 5.11 Å². The lowest BCUT2D eigenvalue weighted by Crippen LogP contribution is -2.24. The molecule has 0 aliphatic rings. The minimum absolute atomic E-state index is 0.118. The highest BCUT2D eigenvalue weighted by molar-refractivity contribution is 9.10. The van der Waals surface area contributed by atoms with Crippen LogP contribution in [0.3, 0.4) is 0 Å². The fourth-order valence-corrected chi connectivity index (χ4v) is 2.61. The number of halogens is 1. The van der Waals surface area contributed by atoms with Gasteiger partial charge in [0, 0.05) is 10.0 Å². The van der Waals surface area contributed by atoms with Crippen LogP contribution in [0.2, 0.25) is 0 Å². The summed E-state index contributed by atoms with van der Waals surface area (Å²) in [6.07, 6.45) is 1.63. The number of rotatable bonds is 5. The van der Waals surface area contributed by atoms with Crippen LogP contribution in [0, 0.1) is 0 Å². The monoisotopic (exact) mass is 419 g/mol. The molecule has 0 amide bonds. The van der Waals surface area contributed by atoms with E-state index in [0.29, 0.717) is 6.61 Å². The second kappa shape index (κ2) is 8.45. The molecule has 4 nitrogen and oxygen atoms in total. The summed E-state index contributed by atoms with van der Waals surface area (Å²) in [7, 11) is 0. The van der Waals surface area contributed by atoms with E-state index in [-0.39, 0.29) is 10.5 Å². The molecule has 2 aromatic carbocycles. The van der Waals surface area contributed by atoms with Crippen LogP contribution in [0.5, 0.6) is 5.75 Å². The summed E-state index contributed by atoms with van der Waals surface area (Å²) in [5.41, 5.74) is 11.3. The highest BCUT2D eigenvalue weighted by Crippen LogP contribution is 2.24. The van der Waals surface area contributed by atoms with Gasteiger partial charge in [-0.2, -0.15) is 5.10 Å². The lowest BCUT2D eigenvalue weighted by molar-refractivity contribution is 0.305. The van der Waals surface area contributed by atoms with Gasteiger partial charge < -0.3 is 10.5 Å². The molecule has 0 radical (unpaired) electrons. The number of nitrogens with zero attached hydrogens (tertiary/aromatic N) is 1. The average Bonchev–Trinajstić information content (AvgIpc) is 2.53. The van der Waals surface area contributed by atoms with Crippen molar-refractivity contribution in [3.05, 3.63) is 63.6 Å². The molecule has 0 unspecified atom stereocenters. The molecule has 0 spiro atoms. The zero-order chi connectivity index (χ0) is 18.4. The van der Waals surface area contributed by atoms with Crippen LogP contribution in [0.4, 0.5) is 0 Å². The quantitative estimate of drug-likeness (QED) is 0.425. The topological polar surface area (TPSA) is 59.6 Å². The maximum atomic E-state index is 5.96. The number of nitrogens with two attached hydrogens (primary N) is 1. The predicted molar refractivity (Wildman–Crippen MR) is 111 cm³/mol. The van der Waals surface area contributed by atoms with Crippen LogP contribution in [0.15, 0.2) is 52.0 Å². The first-order valence-electron chi connectivity index (χ1n) is 7.86. The summed E-state index contributed by atoms with van der Waals surface area (Å²) in [5, 5.41) is 4.11. The molecule has 0 heterocycles. The molecule has 6 heteroatoms. The van der Waals surface area contributed by atoms with Gasteiger partial charge in [-0.1, -0.05) is 61.0 Å². The molecule has 0 aromatic heterocycles. The normalized spacial score (nSPS) is 11.5. The van der Waals surface area contributed by atoms with Crippen molar-refractivity contribution in [2.24, 2.45) is 10.8 Å². The lowest BCUT2D eigenvalue weighted by atomic mass is 9.87. The van der Waals surface area contributed by atoms with E-state index in [1.807, 2.05) is 18.2 Å². The number of hydrogen-bond donors (Lipinski definition) is 2. The molecule has 0 saturated carbocycles. The highest BCUT2D eigenvalue weighted by atomic mass is 79.9. The third kappa shape index (κ3) is 6.14. The first-order valence-corrected chi connectivity index (χ1v) is 9.06. The molecule has 132 valence electrons. The van der Waals surface area contributed by atoms with Crippen molar-refractivity contribution in [3.8, 4) is 5.75 Å². The Hall–Kier alpha value is -1.92. The molecule has 2 aromatic rings. The van der Waals surface area contributed by atoms with Crippen molar-refractivity contribution < 1.29 is 4.74 Å². The van der Waals surface area contributed by atoms with Crippen LogP contribution in [0.1, 0.15) is 37.5 Å². The third-order valence-corrected chi connectivity index (χ3v) is 4.15. The SMILES string of the molecule is CC(C)(C)c1ccc(COc2ccc(Br)cc2/C=N/NC(N)=S)cc1. The van der Waals surface area contributed by atoms with E-state index in [1.54, 1.807) is 6.21 Å². The van der Waals surface area contributed by atoms with Crippen molar-refractivity contribution in [3.63, 3.8) is 0 Å². The van der Waals surface area contributed by atoms with Gasteiger partial charge in [-0.05, 0) is 47.0 Å². The molecule has 3 N–H and O–H groups in total. The van der Waals surface area contributed by atoms with Crippen molar-refractivity contribution in [2.45, 2.75) is 32.8 Å². The van der Waals surface area contributed by atoms with Gasteiger partial charge in [0.1, 0.15) is 12.4 Å². The first kappa shape index (κ1) is 19.4. The Labute approximate surface area is 162 Å². The van der Waals surface area contributed by atoms with Gasteiger partial charge in [0.2, 0.25) is 0 Å². The summed E-state index contributed by atoms with van der Waals surface area (Å²) in [4.78, 5) is 0. The van der Waals surface area contributed by atoms with Gasteiger partial charge in [-0.3, -0.25) is 5.43 Å². The van der Waals surface area contributed by atoms with E-state index in [0.717, 1.165) is 21.3 Å². The van der Waals surface area contributed by atoms with Crippen molar-refractivity contribution in [1.29, 1.82) is 0 Å². The van der Waals surface area contributed by atoms with E-state index >= 15 is 0 Å². The highest BCUT2D eigenvalue weighted by Gasteiger charge is 2.13. The second-order valence-electron chi connectivity index (χ2n) is 6.65. The fraction of sp³-hybridized carbons (Fsp3) is 0.263. The number of nitrogens with one attached hydrogen (secondary N) is 1. The van der Waals surface area contributed by atoms with Gasteiger partial charge in [-0.25, -0.2) is 0 Å². The van der Waals surface area contributed by atoms with Crippen LogP contribution < -0.4 is 15.9 Å². The average molecular weight is 420 g/mol. The van der Waals surface area contributed by atoms with Gasteiger partial charge >= 0.3 is 0 Å². The zero-order valence-electron chi connectivity index (χ0n) is 14.5. The Morgan fingerprint density at radius 1 is 1.24 bits per heavy atom. The minimum atomic E-state index is 0.118. The van der Waals surface area contributed by atoms with Crippen molar-refractivity contribution in [2.75, 3.05) is 0 Å². The van der Waals surface area contributed by atoms with E-state index in [2.05, 4.69) is 71.5 Å². The number of ether oxygens (including phenoxy) is 1. The maximum Gasteiger partial charge on any atom is 0.184 e. The maximum absolute atomic E-state index is 5.96. The van der Waals surface area contributed by atoms with Gasteiger partial charge in [0.25, 0.3) is 0 Å². The summed E-state index contributed by atoms with van der Waals surface area (Å²) >= 11 is 8.19. The molecule has 0 aliphatic heterocycles. The summed E-state index contributed by atoms with van der Waals surface area (Å²) in [6.45, 7) is 7.09. The minimum Gasteiger partial charge on any atom is -0.488 e. The number of hydrogen-bond acceptors (Lipinski definition) is 3. The molecule has 25 heavy (non-hydrogen) atoms. The van der Waals surface area contributed by atoms with Crippen molar-refractivity contribution >= 4 is 39.5 Å². The first-order chi connectivity index (χ1) is 11.8. The third-order valence-electron chi connectivity index (χ3n) is 3.56. The van der Waals surface area contributed by atoms with E-state index in [4.69, 9.17) is 22.7 Å². The Morgan fingerprint density at radius 3 is 2.52 bits per heavy atom. The number of hydrazone groups is 1. The van der Waals surface area contributed by atoms with Gasteiger partial charge in [0.05, 0.1) is 6.21 Å². The summed E-state index contributed by atoms with van der Waals surface area (Å²) in [6, 6.07) is 14.2. The zero-order valence-corrected chi connectivity index (χ0v) is 16.9. The van der Waals surface area contributed by atoms with Crippen LogP contribution in [0.25, 0.3) is 0 Å². The molecule has 0 atom stereocenters. The number of thiocarbonyl (C=S) groups is 1. The molecule has 0 fully saturated rings. The Morgan fingerprint density at radius 2 is 1.92 bits per heavy atom. The molecule has 0 aliphatic carbocycles. The molecule has 0 bridgehead atoms. The Kier molecular flexibility index (Phi) is 6.56. The van der Waals surface area contributed by atoms with Gasteiger partial charge in [-0.15, -0.1) is 0 Å². The Bertz CT molecular complexity index is 767. The summed E-state index contributed by atoms with van der Waals surface area (Å²) in [5.74, 6) is 0.733.